The number of nitrogens with two attached hydrogens (primary N) is 2. The van der Waals surface area contributed by atoms with E-state index < -0.39 is 11.9 Å². The van der Waals surface area contributed by atoms with Gasteiger partial charge in [-0.05, 0) is 12.1 Å². The van der Waals surface area contributed by atoms with Gasteiger partial charge in [0.15, 0.2) is 0 Å². The largest absolute Gasteiger partial charge is 0.370 e. The van der Waals surface area contributed by atoms with Crippen LogP contribution in [-0.2, 0) is 9.68 Å². The maximum absolute atomic E-state index is 11.1. The van der Waals surface area contributed by atoms with Crippen LogP contribution < -0.4 is 11.8 Å². The van der Waals surface area contributed by atoms with E-state index in [0.717, 1.165) is 0 Å². The fourth-order valence-corrected chi connectivity index (χ4v) is 0.966. The van der Waals surface area contributed by atoms with Gasteiger partial charge in [-0.1, -0.05) is 12.1 Å². The lowest BCUT2D eigenvalue weighted by Gasteiger charge is -2.03. The Kier molecular flexibility index (Phi) is 3.16. The van der Waals surface area contributed by atoms with Gasteiger partial charge in [0.25, 0.3) is 0 Å². The minimum Gasteiger partial charge on any atom is -0.370 e. The quantitative estimate of drug-likeness (QED) is 0.632. The van der Waals surface area contributed by atoms with E-state index in [1.807, 2.05) is 0 Å². The highest BCUT2D eigenvalue weighted by molar-refractivity contribution is 6.02. The molecule has 0 bridgehead atoms. The molecule has 74 valence electrons. The first kappa shape index (κ1) is 10.2. The first-order chi connectivity index (χ1) is 6.70. The third-order valence-electron chi connectivity index (χ3n) is 1.58. The van der Waals surface area contributed by atoms with Crippen molar-refractivity contribution in [3.05, 3.63) is 35.4 Å². The van der Waals surface area contributed by atoms with Crippen LogP contribution in [0.25, 0.3) is 0 Å². The van der Waals surface area contributed by atoms with Crippen LogP contribution in [0.15, 0.2) is 24.3 Å². The van der Waals surface area contributed by atoms with Gasteiger partial charge in [0.1, 0.15) is 0 Å². The Balaban J connectivity index is 3.15. The molecule has 6 nitrogen and oxygen atoms in total. The Morgan fingerprint density at radius 3 is 1.57 bits per heavy atom. The first-order valence-corrected chi connectivity index (χ1v) is 3.62. The number of rotatable bonds is 2. The van der Waals surface area contributed by atoms with Crippen LogP contribution in [0.4, 0.5) is 0 Å². The van der Waals surface area contributed by atoms with E-state index in [4.69, 9.17) is 0 Å². The molecular formula is C8H8N2O4. The lowest BCUT2D eigenvalue weighted by atomic mass is 10.1. The topological polar surface area (TPSA) is 105 Å². The summed E-state index contributed by atoms with van der Waals surface area (Å²) in [4.78, 5) is 30.1. The standard InChI is InChI=1S/C8H8N2O4/c9-13-7(11)5-3-1-2-4-6(5)8(12)14-10/h1-4H,9-10H2. The summed E-state index contributed by atoms with van der Waals surface area (Å²) in [5.74, 6) is 7.71. The van der Waals surface area contributed by atoms with Crippen LogP contribution in [0.5, 0.6) is 0 Å². The van der Waals surface area contributed by atoms with Crippen LogP contribution in [-0.4, -0.2) is 11.9 Å². The third kappa shape index (κ3) is 1.87. The second kappa shape index (κ2) is 4.35. The molecule has 0 atom stereocenters. The molecule has 0 aliphatic heterocycles. The van der Waals surface area contributed by atoms with Crippen molar-refractivity contribution in [1.82, 2.24) is 0 Å². The molecule has 0 aromatic heterocycles. The van der Waals surface area contributed by atoms with Crippen molar-refractivity contribution < 1.29 is 19.3 Å². The summed E-state index contributed by atoms with van der Waals surface area (Å²) in [5, 5.41) is 0. The summed E-state index contributed by atoms with van der Waals surface area (Å²) < 4.78 is 0. The highest BCUT2D eigenvalue weighted by Crippen LogP contribution is 2.10. The summed E-state index contributed by atoms with van der Waals surface area (Å²) >= 11 is 0. The van der Waals surface area contributed by atoms with E-state index >= 15 is 0 Å². The average molecular weight is 196 g/mol. The lowest BCUT2D eigenvalue weighted by molar-refractivity contribution is 0.0457. The fraction of sp³-hybridized carbons (Fsp3) is 0. The molecule has 0 heterocycles. The highest BCUT2D eigenvalue weighted by atomic mass is 16.7. The molecule has 0 radical (unpaired) electrons. The zero-order valence-corrected chi connectivity index (χ0v) is 7.10. The van der Waals surface area contributed by atoms with E-state index in [2.05, 4.69) is 21.5 Å². The van der Waals surface area contributed by atoms with Crippen molar-refractivity contribution in [2.45, 2.75) is 0 Å². The van der Waals surface area contributed by atoms with Gasteiger partial charge in [-0.15, -0.1) is 0 Å². The van der Waals surface area contributed by atoms with Crippen molar-refractivity contribution in [2.24, 2.45) is 11.8 Å². The van der Waals surface area contributed by atoms with E-state index in [1.54, 1.807) is 12.1 Å². The van der Waals surface area contributed by atoms with Crippen LogP contribution >= 0.6 is 0 Å². The van der Waals surface area contributed by atoms with Crippen molar-refractivity contribution in [2.75, 3.05) is 0 Å². The summed E-state index contributed by atoms with van der Waals surface area (Å²) in [7, 11) is 0. The van der Waals surface area contributed by atoms with E-state index in [1.165, 1.54) is 12.1 Å². The van der Waals surface area contributed by atoms with Gasteiger partial charge in [-0.2, -0.15) is 11.8 Å². The first-order valence-electron chi connectivity index (χ1n) is 3.62. The molecule has 6 heteroatoms. The van der Waals surface area contributed by atoms with Gasteiger partial charge in [0.05, 0.1) is 11.1 Å². The average Bonchev–Trinajstić information content (AvgIpc) is 2.27. The smallest absolute Gasteiger partial charge is 0.357 e. The molecule has 0 amide bonds. The van der Waals surface area contributed by atoms with Crippen LogP contribution in [0, 0.1) is 0 Å². The third-order valence-corrected chi connectivity index (χ3v) is 1.58. The second-order valence-corrected chi connectivity index (χ2v) is 2.36. The molecule has 1 aromatic carbocycles. The lowest BCUT2D eigenvalue weighted by Crippen LogP contribution is -2.17. The van der Waals surface area contributed by atoms with Crippen molar-refractivity contribution in [3.8, 4) is 0 Å². The molecule has 0 saturated heterocycles. The zero-order valence-electron chi connectivity index (χ0n) is 7.10. The number of benzene rings is 1. The molecule has 0 fully saturated rings. The Morgan fingerprint density at radius 2 is 1.29 bits per heavy atom. The molecule has 0 spiro atoms. The molecule has 4 N–H and O–H groups in total. The molecule has 1 aromatic rings. The molecular weight excluding hydrogens is 188 g/mol. The van der Waals surface area contributed by atoms with Crippen molar-refractivity contribution >= 4 is 11.9 Å². The minimum atomic E-state index is -0.828. The Labute approximate surface area is 79.3 Å². The summed E-state index contributed by atoms with van der Waals surface area (Å²) in [5.41, 5.74) is 0.0101. The van der Waals surface area contributed by atoms with Gasteiger partial charge >= 0.3 is 11.9 Å². The number of hydrogen-bond acceptors (Lipinski definition) is 6. The highest BCUT2D eigenvalue weighted by Gasteiger charge is 2.17. The predicted molar refractivity (Wildman–Crippen MR) is 45.6 cm³/mol. The maximum atomic E-state index is 11.1. The molecule has 0 aliphatic carbocycles. The van der Waals surface area contributed by atoms with Crippen LogP contribution in [0.2, 0.25) is 0 Å². The fourth-order valence-electron chi connectivity index (χ4n) is 0.966. The normalized spacial score (nSPS) is 9.29. The Hall–Kier alpha value is -1.92. The van der Waals surface area contributed by atoms with Crippen molar-refractivity contribution in [3.63, 3.8) is 0 Å². The summed E-state index contributed by atoms with van der Waals surface area (Å²) in [6.45, 7) is 0. The Bertz CT molecular complexity index is 329. The summed E-state index contributed by atoms with van der Waals surface area (Å²) in [6, 6.07) is 5.86. The molecule has 0 saturated carbocycles. The van der Waals surface area contributed by atoms with Crippen LogP contribution in [0.3, 0.4) is 0 Å². The maximum Gasteiger partial charge on any atom is 0.357 e. The van der Waals surface area contributed by atoms with E-state index in [9.17, 15) is 9.59 Å². The van der Waals surface area contributed by atoms with Crippen LogP contribution in [0.1, 0.15) is 20.7 Å². The van der Waals surface area contributed by atoms with Gasteiger partial charge in [0.2, 0.25) is 0 Å². The number of carbonyl (C=O) groups excluding carboxylic acids is 2. The summed E-state index contributed by atoms with van der Waals surface area (Å²) in [6.07, 6.45) is 0. The monoisotopic (exact) mass is 196 g/mol. The van der Waals surface area contributed by atoms with Gasteiger partial charge in [0, 0.05) is 0 Å². The Morgan fingerprint density at radius 1 is 0.929 bits per heavy atom. The minimum absolute atomic E-state index is 0.00505. The van der Waals surface area contributed by atoms with Gasteiger partial charge in [-0.25, -0.2) is 9.59 Å². The molecule has 1 rings (SSSR count). The van der Waals surface area contributed by atoms with Gasteiger partial charge in [-0.3, -0.25) is 0 Å². The van der Waals surface area contributed by atoms with Gasteiger partial charge < -0.3 is 9.68 Å². The molecule has 14 heavy (non-hydrogen) atoms. The number of carbonyl (C=O) groups is 2. The van der Waals surface area contributed by atoms with Crippen molar-refractivity contribution in [1.29, 1.82) is 0 Å². The zero-order chi connectivity index (χ0) is 10.6. The van der Waals surface area contributed by atoms with E-state index in [0.29, 0.717) is 0 Å². The predicted octanol–water partition coefficient (Wildman–Crippen LogP) is -0.252. The van der Waals surface area contributed by atoms with E-state index in [-0.39, 0.29) is 11.1 Å². The SMILES string of the molecule is NOC(=O)c1ccccc1C(=O)ON. The molecule has 0 unspecified atom stereocenters. The second-order valence-electron chi connectivity index (χ2n) is 2.36. The molecule has 0 aliphatic rings. The number of hydrogen-bond donors (Lipinski definition) is 2.